The maximum absolute atomic E-state index is 12.1. The highest BCUT2D eigenvalue weighted by Gasteiger charge is 2.26. The molecule has 7 heteroatoms. The monoisotopic (exact) mass is 299 g/mol. The lowest BCUT2D eigenvalue weighted by Gasteiger charge is -2.21. The molecule has 1 aromatic rings. The maximum atomic E-state index is 12.1. The van der Waals surface area contributed by atoms with Gasteiger partial charge in [-0.3, -0.25) is 4.79 Å². The van der Waals surface area contributed by atoms with Gasteiger partial charge in [0.25, 0.3) is 10.0 Å². The Hall–Kier alpha value is -1.60. The molecule has 6 nitrogen and oxygen atoms in total. The van der Waals surface area contributed by atoms with Gasteiger partial charge >= 0.3 is 0 Å². The van der Waals surface area contributed by atoms with E-state index in [4.69, 9.17) is 9.47 Å². The Labute approximate surface area is 118 Å². The number of ether oxygens (including phenoxy) is 2. The second kappa shape index (κ2) is 6.23. The van der Waals surface area contributed by atoms with E-state index in [2.05, 4.69) is 4.72 Å². The van der Waals surface area contributed by atoms with Gasteiger partial charge in [-0.2, -0.15) is 0 Å². The highest BCUT2D eigenvalue weighted by Crippen LogP contribution is 2.18. The fraction of sp³-hybridized carbons (Fsp3) is 0.462. The van der Waals surface area contributed by atoms with E-state index in [9.17, 15) is 13.2 Å². The summed E-state index contributed by atoms with van der Waals surface area (Å²) in [5.41, 5.74) is 0. The summed E-state index contributed by atoms with van der Waals surface area (Å²) in [4.78, 5) is 12.0. The van der Waals surface area contributed by atoms with E-state index >= 15 is 0 Å². The smallest absolute Gasteiger partial charge is 0.264 e. The van der Waals surface area contributed by atoms with Crippen molar-refractivity contribution in [1.29, 1.82) is 0 Å². The number of amides is 1. The van der Waals surface area contributed by atoms with E-state index < -0.39 is 15.9 Å². The molecule has 0 unspecified atom stereocenters. The quantitative estimate of drug-likeness (QED) is 0.894. The summed E-state index contributed by atoms with van der Waals surface area (Å²) in [6.45, 7) is 0.974. The Morgan fingerprint density at radius 3 is 2.40 bits per heavy atom. The Morgan fingerprint density at radius 1 is 1.25 bits per heavy atom. The van der Waals surface area contributed by atoms with Crippen LogP contribution >= 0.6 is 0 Å². The third-order valence-electron chi connectivity index (χ3n) is 3.20. The Kier molecular flexibility index (Phi) is 4.61. The van der Waals surface area contributed by atoms with Gasteiger partial charge in [0.15, 0.2) is 0 Å². The van der Waals surface area contributed by atoms with Crippen molar-refractivity contribution in [1.82, 2.24) is 4.72 Å². The largest absolute Gasteiger partial charge is 0.497 e. The second-order valence-corrected chi connectivity index (χ2v) is 6.21. The molecule has 0 bridgehead atoms. The van der Waals surface area contributed by atoms with Crippen molar-refractivity contribution >= 4 is 15.9 Å². The second-order valence-electron chi connectivity index (χ2n) is 4.53. The number of nitrogens with one attached hydrogen (secondary N) is 1. The third-order valence-corrected chi connectivity index (χ3v) is 4.56. The van der Waals surface area contributed by atoms with E-state index in [0.29, 0.717) is 31.8 Å². The zero-order valence-corrected chi connectivity index (χ0v) is 12.0. The van der Waals surface area contributed by atoms with Crippen LogP contribution in [0.3, 0.4) is 0 Å². The SMILES string of the molecule is COc1ccc(S(=O)(=O)NC(=O)C2CCOCC2)cc1. The molecule has 1 amide bonds. The first kappa shape index (κ1) is 14.8. The van der Waals surface area contributed by atoms with Gasteiger partial charge in [0.05, 0.1) is 12.0 Å². The molecule has 0 aromatic heterocycles. The molecule has 0 radical (unpaired) electrons. The molecule has 0 spiro atoms. The molecule has 1 heterocycles. The molecule has 0 aliphatic carbocycles. The number of carbonyl (C=O) groups is 1. The van der Waals surface area contributed by atoms with Gasteiger partial charge in [0.1, 0.15) is 5.75 Å². The summed E-state index contributed by atoms with van der Waals surface area (Å²) >= 11 is 0. The average molecular weight is 299 g/mol. The topological polar surface area (TPSA) is 81.7 Å². The summed E-state index contributed by atoms with van der Waals surface area (Å²) in [5.74, 6) is -0.222. The first-order chi connectivity index (χ1) is 9.53. The van der Waals surface area contributed by atoms with Gasteiger partial charge in [0.2, 0.25) is 5.91 Å². The minimum absolute atomic E-state index is 0.0405. The zero-order chi connectivity index (χ0) is 14.6. The summed E-state index contributed by atoms with van der Waals surface area (Å²) < 4.78 is 36.4. The zero-order valence-electron chi connectivity index (χ0n) is 11.2. The first-order valence-electron chi connectivity index (χ1n) is 6.31. The number of methoxy groups -OCH3 is 1. The summed E-state index contributed by atoms with van der Waals surface area (Å²) in [7, 11) is -2.33. The van der Waals surface area contributed by atoms with Crippen molar-refractivity contribution in [3.05, 3.63) is 24.3 Å². The molecular formula is C13H17NO5S. The van der Waals surface area contributed by atoms with Crippen molar-refractivity contribution in [2.45, 2.75) is 17.7 Å². The van der Waals surface area contributed by atoms with Gasteiger partial charge in [-0.25, -0.2) is 13.1 Å². The minimum atomic E-state index is -3.83. The Balaban J connectivity index is 2.07. The number of benzene rings is 1. The molecule has 20 heavy (non-hydrogen) atoms. The van der Waals surface area contributed by atoms with Crippen molar-refractivity contribution in [3.8, 4) is 5.75 Å². The first-order valence-corrected chi connectivity index (χ1v) is 7.80. The van der Waals surface area contributed by atoms with Crippen LogP contribution in [0.15, 0.2) is 29.2 Å². The van der Waals surface area contributed by atoms with Gasteiger partial charge in [-0.1, -0.05) is 0 Å². The predicted molar refractivity (Wildman–Crippen MR) is 71.9 cm³/mol. The minimum Gasteiger partial charge on any atom is -0.497 e. The lowest BCUT2D eigenvalue weighted by molar-refractivity contribution is -0.125. The molecule has 1 aliphatic rings. The van der Waals surface area contributed by atoms with Gasteiger partial charge in [-0.05, 0) is 37.1 Å². The van der Waals surface area contributed by atoms with Crippen molar-refractivity contribution < 1.29 is 22.7 Å². The molecule has 1 aromatic carbocycles. The Morgan fingerprint density at radius 2 is 1.85 bits per heavy atom. The van der Waals surface area contributed by atoms with Crippen LogP contribution in [0.1, 0.15) is 12.8 Å². The molecule has 0 saturated carbocycles. The van der Waals surface area contributed by atoms with Crippen LogP contribution in [0.2, 0.25) is 0 Å². The average Bonchev–Trinajstić information content (AvgIpc) is 2.48. The summed E-state index contributed by atoms with van der Waals surface area (Å²) in [5, 5.41) is 0. The lowest BCUT2D eigenvalue weighted by atomic mass is 10.0. The van der Waals surface area contributed by atoms with Gasteiger partial charge in [0, 0.05) is 19.1 Å². The van der Waals surface area contributed by atoms with E-state index in [1.54, 1.807) is 0 Å². The highest BCUT2D eigenvalue weighted by molar-refractivity contribution is 7.90. The van der Waals surface area contributed by atoms with Crippen LogP contribution in [0, 0.1) is 5.92 Å². The number of hydrogen-bond acceptors (Lipinski definition) is 5. The number of hydrogen-bond donors (Lipinski definition) is 1. The van der Waals surface area contributed by atoms with E-state index in [1.165, 1.54) is 31.4 Å². The third kappa shape index (κ3) is 3.49. The summed E-state index contributed by atoms with van der Waals surface area (Å²) in [6.07, 6.45) is 1.09. The van der Waals surface area contributed by atoms with E-state index in [-0.39, 0.29) is 10.8 Å². The standard InChI is InChI=1S/C13H17NO5S/c1-18-11-2-4-12(5-3-11)20(16,17)14-13(15)10-6-8-19-9-7-10/h2-5,10H,6-9H2,1H3,(H,14,15). The fourth-order valence-corrected chi connectivity index (χ4v) is 3.03. The lowest BCUT2D eigenvalue weighted by Crippen LogP contribution is -2.38. The summed E-state index contributed by atoms with van der Waals surface area (Å²) in [6, 6.07) is 5.87. The van der Waals surface area contributed by atoms with Crippen LogP contribution in [-0.2, 0) is 19.6 Å². The molecular weight excluding hydrogens is 282 g/mol. The van der Waals surface area contributed by atoms with Crippen LogP contribution < -0.4 is 9.46 Å². The Bertz CT molecular complexity index is 561. The van der Waals surface area contributed by atoms with Crippen molar-refractivity contribution in [3.63, 3.8) is 0 Å². The van der Waals surface area contributed by atoms with Gasteiger partial charge in [-0.15, -0.1) is 0 Å². The molecule has 0 atom stereocenters. The van der Waals surface area contributed by atoms with Crippen molar-refractivity contribution in [2.24, 2.45) is 5.92 Å². The number of carbonyl (C=O) groups excluding carboxylic acids is 1. The highest BCUT2D eigenvalue weighted by atomic mass is 32.2. The van der Waals surface area contributed by atoms with Gasteiger partial charge < -0.3 is 9.47 Å². The molecule has 1 N–H and O–H groups in total. The van der Waals surface area contributed by atoms with Crippen molar-refractivity contribution in [2.75, 3.05) is 20.3 Å². The maximum Gasteiger partial charge on any atom is 0.264 e. The number of rotatable bonds is 4. The molecule has 2 rings (SSSR count). The van der Waals surface area contributed by atoms with Crippen LogP contribution in [-0.4, -0.2) is 34.6 Å². The van der Waals surface area contributed by atoms with E-state index in [1.807, 2.05) is 0 Å². The van der Waals surface area contributed by atoms with Crippen LogP contribution in [0.4, 0.5) is 0 Å². The normalized spacial score (nSPS) is 16.6. The molecule has 1 aliphatic heterocycles. The van der Waals surface area contributed by atoms with E-state index in [0.717, 1.165) is 0 Å². The molecule has 110 valence electrons. The number of sulfonamides is 1. The molecule has 1 fully saturated rings. The molecule has 1 saturated heterocycles. The van der Waals surface area contributed by atoms with Crippen LogP contribution in [0.5, 0.6) is 5.75 Å². The fourth-order valence-electron chi connectivity index (χ4n) is 1.99. The predicted octanol–water partition coefficient (Wildman–Crippen LogP) is 0.927. The van der Waals surface area contributed by atoms with Crippen LogP contribution in [0.25, 0.3) is 0 Å².